The van der Waals surface area contributed by atoms with Crippen LogP contribution in [-0.2, 0) is 0 Å². The lowest BCUT2D eigenvalue weighted by Crippen LogP contribution is -2.32. The number of halogens is 2. The number of rotatable bonds is 3. The SMILES string of the molecule is CCC(c1ccc(Cl)cc1)N1CC2CCC(N)C2C1.Cl. The van der Waals surface area contributed by atoms with Gasteiger partial charge in [0.1, 0.15) is 0 Å². The first-order chi connectivity index (χ1) is 9.19. The summed E-state index contributed by atoms with van der Waals surface area (Å²) in [6, 6.07) is 9.30. The fraction of sp³-hybridized carbons (Fsp3) is 0.625. The van der Waals surface area contributed by atoms with Gasteiger partial charge in [-0.05, 0) is 48.8 Å². The third-order valence-corrected chi connectivity index (χ3v) is 5.27. The maximum atomic E-state index is 6.24. The van der Waals surface area contributed by atoms with Gasteiger partial charge in [0.25, 0.3) is 0 Å². The van der Waals surface area contributed by atoms with Crippen LogP contribution in [0.3, 0.4) is 0 Å². The van der Waals surface area contributed by atoms with E-state index in [4.69, 9.17) is 17.3 Å². The van der Waals surface area contributed by atoms with E-state index in [2.05, 4.69) is 24.0 Å². The van der Waals surface area contributed by atoms with Crippen LogP contribution in [0.2, 0.25) is 5.02 Å². The van der Waals surface area contributed by atoms with Gasteiger partial charge < -0.3 is 5.73 Å². The van der Waals surface area contributed by atoms with E-state index in [-0.39, 0.29) is 12.4 Å². The first-order valence-electron chi connectivity index (χ1n) is 7.44. The van der Waals surface area contributed by atoms with E-state index < -0.39 is 0 Å². The zero-order valence-corrected chi connectivity index (χ0v) is 13.5. The summed E-state index contributed by atoms with van der Waals surface area (Å²) >= 11 is 5.99. The van der Waals surface area contributed by atoms with Crippen molar-refractivity contribution in [3.05, 3.63) is 34.9 Å². The minimum Gasteiger partial charge on any atom is -0.327 e. The zero-order chi connectivity index (χ0) is 13.4. The number of hydrogen-bond acceptors (Lipinski definition) is 2. The Morgan fingerprint density at radius 1 is 1.25 bits per heavy atom. The topological polar surface area (TPSA) is 29.3 Å². The van der Waals surface area contributed by atoms with Crippen molar-refractivity contribution in [2.45, 2.75) is 38.3 Å². The molecule has 1 aromatic carbocycles. The van der Waals surface area contributed by atoms with Gasteiger partial charge >= 0.3 is 0 Å². The summed E-state index contributed by atoms with van der Waals surface area (Å²) in [5.74, 6) is 1.55. The number of likely N-dealkylation sites (tertiary alicyclic amines) is 1. The summed E-state index contributed by atoms with van der Waals surface area (Å²) < 4.78 is 0. The third-order valence-electron chi connectivity index (χ3n) is 5.02. The van der Waals surface area contributed by atoms with Crippen molar-refractivity contribution in [3.8, 4) is 0 Å². The van der Waals surface area contributed by atoms with Gasteiger partial charge in [0.15, 0.2) is 0 Å². The molecule has 2 nitrogen and oxygen atoms in total. The first kappa shape index (κ1) is 16.1. The molecule has 4 atom stereocenters. The van der Waals surface area contributed by atoms with Gasteiger partial charge in [-0.2, -0.15) is 0 Å². The summed E-state index contributed by atoms with van der Waals surface area (Å²) in [6.45, 7) is 4.67. The van der Waals surface area contributed by atoms with Crippen LogP contribution in [0.25, 0.3) is 0 Å². The van der Waals surface area contributed by atoms with Gasteiger partial charge in [-0.25, -0.2) is 0 Å². The number of fused-ring (bicyclic) bond motifs is 1. The lowest BCUT2D eigenvalue weighted by atomic mass is 9.98. The Morgan fingerprint density at radius 2 is 1.95 bits per heavy atom. The molecular weight excluding hydrogens is 291 g/mol. The smallest absolute Gasteiger partial charge is 0.0406 e. The fourth-order valence-corrected chi connectivity index (χ4v) is 4.11. The molecule has 4 heteroatoms. The number of benzene rings is 1. The molecule has 0 spiro atoms. The van der Waals surface area contributed by atoms with Crippen molar-refractivity contribution < 1.29 is 0 Å². The van der Waals surface area contributed by atoms with Crippen LogP contribution < -0.4 is 5.73 Å². The molecule has 4 unspecified atom stereocenters. The van der Waals surface area contributed by atoms with Gasteiger partial charge in [-0.3, -0.25) is 4.90 Å². The molecular formula is C16H24Cl2N2. The van der Waals surface area contributed by atoms with Crippen LogP contribution in [0.5, 0.6) is 0 Å². The predicted molar refractivity (Wildman–Crippen MR) is 87.5 cm³/mol. The lowest BCUT2D eigenvalue weighted by molar-refractivity contribution is 0.218. The lowest BCUT2D eigenvalue weighted by Gasteiger charge is -2.28. The quantitative estimate of drug-likeness (QED) is 0.917. The van der Waals surface area contributed by atoms with Crippen LogP contribution in [0.15, 0.2) is 24.3 Å². The van der Waals surface area contributed by atoms with Crippen LogP contribution in [0, 0.1) is 11.8 Å². The zero-order valence-electron chi connectivity index (χ0n) is 12.0. The Balaban J connectivity index is 0.00000147. The Hall–Kier alpha value is -0.280. The molecule has 0 aromatic heterocycles. The number of nitrogens with two attached hydrogens (primary N) is 1. The maximum Gasteiger partial charge on any atom is 0.0406 e. The van der Waals surface area contributed by atoms with Crippen molar-refractivity contribution in [1.29, 1.82) is 0 Å². The van der Waals surface area contributed by atoms with Gasteiger partial charge in [-0.1, -0.05) is 30.7 Å². The van der Waals surface area contributed by atoms with E-state index in [1.807, 2.05) is 12.1 Å². The van der Waals surface area contributed by atoms with Crippen molar-refractivity contribution in [3.63, 3.8) is 0 Å². The van der Waals surface area contributed by atoms with Crippen molar-refractivity contribution >= 4 is 24.0 Å². The Morgan fingerprint density at radius 3 is 2.55 bits per heavy atom. The normalized spacial score (nSPS) is 30.9. The summed E-state index contributed by atoms with van der Waals surface area (Å²) in [7, 11) is 0. The third kappa shape index (κ3) is 2.99. The molecule has 20 heavy (non-hydrogen) atoms. The monoisotopic (exact) mass is 314 g/mol. The van der Waals surface area contributed by atoms with Gasteiger partial charge in [0, 0.05) is 30.2 Å². The molecule has 0 bridgehead atoms. The molecule has 2 fully saturated rings. The Labute approximate surface area is 133 Å². The van der Waals surface area contributed by atoms with Crippen LogP contribution in [0.4, 0.5) is 0 Å². The highest BCUT2D eigenvalue weighted by atomic mass is 35.5. The van der Waals surface area contributed by atoms with E-state index in [1.54, 1.807) is 0 Å². The summed E-state index contributed by atoms with van der Waals surface area (Å²) in [6.07, 6.45) is 3.69. The van der Waals surface area contributed by atoms with E-state index >= 15 is 0 Å². The molecule has 1 aliphatic heterocycles. The highest BCUT2D eigenvalue weighted by molar-refractivity contribution is 6.30. The van der Waals surface area contributed by atoms with E-state index in [9.17, 15) is 0 Å². The van der Waals surface area contributed by atoms with Gasteiger partial charge in [-0.15, -0.1) is 12.4 Å². The molecule has 0 radical (unpaired) electrons. The molecule has 2 N–H and O–H groups in total. The van der Waals surface area contributed by atoms with Crippen LogP contribution in [0.1, 0.15) is 37.8 Å². The summed E-state index contributed by atoms with van der Waals surface area (Å²) in [5.41, 5.74) is 7.63. The van der Waals surface area contributed by atoms with Gasteiger partial charge in [0.05, 0.1) is 0 Å². The van der Waals surface area contributed by atoms with Gasteiger partial charge in [0.2, 0.25) is 0 Å². The van der Waals surface area contributed by atoms with Crippen LogP contribution >= 0.6 is 24.0 Å². The minimum absolute atomic E-state index is 0. The van der Waals surface area contributed by atoms with E-state index in [0.29, 0.717) is 12.1 Å². The van der Waals surface area contributed by atoms with Crippen molar-refractivity contribution in [2.24, 2.45) is 17.6 Å². The molecule has 1 heterocycles. The number of nitrogens with zero attached hydrogens (tertiary/aromatic N) is 1. The molecule has 1 saturated heterocycles. The first-order valence-corrected chi connectivity index (χ1v) is 7.82. The minimum atomic E-state index is 0. The average molecular weight is 315 g/mol. The average Bonchev–Trinajstić information content (AvgIpc) is 2.96. The molecule has 1 aromatic rings. The molecule has 3 rings (SSSR count). The molecule has 2 aliphatic rings. The highest BCUT2D eigenvalue weighted by Crippen LogP contribution is 2.41. The largest absolute Gasteiger partial charge is 0.327 e. The molecule has 0 amide bonds. The highest BCUT2D eigenvalue weighted by Gasteiger charge is 2.42. The summed E-state index contributed by atoms with van der Waals surface area (Å²) in [4.78, 5) is 2.64. The standard InChI is InChI=1S/C16H23ClN2.ClH/c1-2-16(11-3-6-13(17)7-4-11)19-9-12-5-8-15(18)14(12)10-19;/h3-4,6-7,12,14-16H,2,5,8-10,18H2,1H3;1H. The maximum absolute atomic E-state index is 6.24. The fourth-order valence-electron chi connectivity index (χ4n) is 3.99. The predicted octanol–water partition coefficient (Wildman–Crippen LogP) is 3.88. The Bertz CT molecular complexity index is 435. The van der Waals surface area contributed by atoms with Crippen LogP contribution in [-0.4, -0.2) is 24.0 Å². The van der Waals surface area contributed by atoms with E-state index in [1.165, 1.54) is 31.5 Å². The second-order valence-corrected chi connectivity index (χ2v) is 6.53. The second-order valence-electron chi connectivity index (χ2n) is 6.09. The molecule has 1 saturated carbocycles. The van der Waals surface area contributed by atoms with E-state index in [0.717, 1.165) is 23.3 Å². The van der Waals surface area contributed by atoms with Crippen molar-refractivity contribution in [1.82, 2.24) is 4.90 Å². The number of hydrogen-bond donors (Lipinski definition) is 1. The molecule has 1 aliphatic carbocycles. The summed E-state index contributed by atoms with van der Waals surface area (Å²) in [5, 5.41) is 0.818. The second kappa shape index (κ2) is 6.65. The molecule has 112 valence electrons. The van der Waals surface area contributed by atoms with Crippen molar-refractivity contribution in [2.75, 3.05) is 13.1 Å². The Kier molecular flexibility index (Phi) is 5.36.